The second-order valence-electron chi connectivity index (χ2n) is 3.43. The van der Waals surface area contributed by atoms with E-state index in [-0.39, 0.29) is 17.9 Å². The number of hydrogen-bond donors (Lipinski definition) is 2. The summed E-state index contributed by atoms with van der Waals surface area (Å²) in [5, 5.41) is 6.73. The highest BCUT2D eigenvalue weighted by atomic mass is 32.1. The summed E-state index contributed by atoms with van der Waals surface area (Å²) in [4.78, 5) is 11.5. The number of amides is 1. The van der Waals surface area contributed by atoms with Crippen LogP contribution >= 0.6 is 11.3 Å². The van der Waals surface area contributed by atoms with E-state index in [0.717, 1.165) is 18.5 Å². The summed E-state index contributed by atoms with van der Waals surface area (Å²) < 4.78 is 0. The molecule has 0 aliphatic heterocycles. The van der Waals surface area contributed by atoms with Crippen molar-refractivity contribution >= 4 is 22.9 Å². The number of thiophene rings is 1. The summed E-state index contributed by atoms with van der Waals surface area (Å²) in [6.45, 7) is 0. The van der Waals surface area contributed by atoms with Crippen LogP contribution in [0.1, 0.15) is 12.8 Å². The summed E-state index contributed by atoms with van der Waals surface area (Å²) in [6, 6.07) is 2.14. The van der Waals surface area contributed by atoms with Crippen molar-refractivity contribution in [2.75, 3.05) is 5.32 Å². The topological polar surface area (TPSA) is 55.1 Å². The van der Waals surface area contributed by atoms with Gasteiger partial charge >= 0.3 is 0 Å². The van der Waals surface area contributed by atoms with Crippen LogP contribution in [0, 0.1) is 5.92 Å². The number of carbonyl (C=O) groups excluding carboxylic acids is 1. The van der Waals surface area contributed by atoms with Crippen LogP contribution in [0.2, 0.25) is 0 Å². The molecule has 3 N–H and O–H groups in total. The van der Waals surface area contributed by atoms with Gasteiger partial charge in [-0.1, -0.05) is 0 Å². The zero-order valence-electron chi connectivity index (χ0n) is 7.19. The number of carbonyl (C=O) groups is 1. The van der Waals surface area contributed by atoms with Crippen molar-refractivity contribution in [2.24, 2.45) is 11.7 Å². The van der Waals surface area contributed by atoms with E-state index in [0.29, 0.717) is 0 Å². The standard InChI is InChI=1S/C9H12N2OS/c10-7-3-6(4-7)9(12)11-8-1-2-13-5-8/h1-2,5-7H,3-4,10H2,(H,11,12). The first-order valence-electron chi connectivity index (χ1n) is 4.34. The number of nitrogens with two attached hydrogens (primary N) is 1. The molecular formula is C9H12N2OS. The molecule has 1 aliphatic carbocycles. The van der Waals surface area contributed by atoms with Gasteiger partial charge in [0.2, 0.25) is 5.91 Å². The first-order valence-corrected chi connectivity index (χ1v) is 5.28. The first kappa shape index (κ1) is 8.72. The normalized spacial score (nSPS) is 26.5. The summed E-state index contributed by atoms with van der Waals surface area (Å²) in [5.74, 6) is 0.245. The highest BCUT2D eigenvalue weighted by Crippen LogP contribution is 2.27. The molecule has 1 aromatic heterocycles. The van der Waals surface area contributed by atoms with E-state index in [9.17, 15) is 4.79 Å². The zero-order valence-corrected chi connectivity index (χ0v) is 8.01. The fraction of sp³-hybridized carbons (Fsp3) is 0.444. The van der Waals surface area contributed by atoms with Gasteiger partial charge in [-0.3, -0.25) is 4.79 Å². The van der Waals surface area contributed by atoms with E-state index in [1.807, 2.05) is 16.8 Å². The average Bonchev–Trinajstić information content (AvgIpc) is 2.51. The van der Waals surface area contributed by atoms with Crippen LogP contribution in [0.4, 0.5) is 5.69 Å². The Bertz CT molecular complexity index is 291. The second kappa shape index (κ2) is 3.47. The van der Waals surface area contributed by atoms with Gasteiger partial charge in [0, 0.05) is 17.3 Å². The number of anilines is 1. The van der Waals surface area contributed by atoms with E-state index in [2.05, 4.69) is 5.32 Å². The average molecular weight is 196 g/mol. The number of rotatable bonds is 2. The lowest BCUT2D eigenvalue weighted by atomic mass is 9.80. The van der Waals surface area contributed by atoms with Crippen molar-refractivity contribution in [1.82, 2.24) is 0 Å². The van der Waals surface area contributed by atoms with Crippen molar-refractivity contribution in [3.63, 3.8) is 0 Å². The molecule has 70 valence electrons. The van der Waals surface area contributed by atoms with Gasteiger partial charge in [-0.05, 0) is 24.3 Å². The van der Waals surface area contributed by atoms with Crippen molar-refractivity contribution in [2.45, 2.75) is 18.9 Å². The SMILES string of the molecule is NC1CC(C(=O)Nc2ccsc2)C1. The Labute approximate surface area is 80.9 Å². The summed E-state index contributed by atoms with van der Waals surface area (Å²) in [5.41, 5.74) is 6.50. The first-order chi connectivity index (χ1) is 6.25. The molecule has 3 nitrogen and oxygen atoms in total. The Morgan fingerprint density at radius 2 is 2.38 bits per heavy atom. The lowest BCUT2D eigenvalue weighted by molar-refractivity contribution is -0.122. The lowest BCUT2D eigenvalue weighted by Crippen LogP contribution is -2.42. The fourth-order valence-electron chi connectivity index (χ4n) is 1.46. The molecule has 0 unspecified atom stereocenters. The highest BCUT2D eigenvalue weighted by Gasteiger charge is 2.31. The molecule has 1 amide bonds. The van der Waals surface area contributed by atoms with Crippen molar-refractivity contribution in [1.29, 1.82) is 0 Å². The van der Waals surface area contributed by atoms with Crippen molar-refractivity contribution in [3.8, 4) is 0 Å². The predicted molar refractivity (Wildman–Crippen MR) is 53.6 cm³/mol. The third-order valence-electron chi connectivity index (χ3n) is 2.33. The highest BCUT2D eigenvalue weighted by molar-refractivity contribution is 7.08. The molecule has 1 saturated carbocycles. The quantitative estimate of drug-likeness (QED) is 0.751. The van der Waals surface area contributed by atoms with E-state index in [1.165, 1.54) is 0 Å². The lowest BCUT2D eigenvalue weighted by Gasteiger charge is -2.30. The molecule has 4 heteroatoms. The molecule has 13 heavy (non-hydrogen) atoms. The van der Waals surface area contributed by atoms with Gasteiger partial charge in [-0.2, -0.15) is 11.3 Å². The van der Waals surface area contributed by atoms with Gasteiger partial charge in [0.1, 0.15) is 0 Å². The van der Waals surface area contributed by atoms with E-state index in [4.69, 9.17) is 5.73 Å². The van der Waals surface area contributed by atoms with Gasteiger partial charge in [-0.25, -0.2) is 0 Å². The van der Waals surface area contributed by atoms with Crippen LogP contribution in [0.15, 0.2) is 16.8 Å². The Kier molecular flexibility index (Phi) is 2.33. The van der Waals surface area contributed by atoms with Crippen molar-refractivity contribution < 1.29 is 4.79 Å². The largest absolute Gasteiger partial charge is 0.328 e. The fourth-order valence-corrected chi connectivity index (χ4v) is 2.04. The van der Waals surface area contributed by atoms with Gasteiger partial charge < -0.3 is 11.1 Å². The molecule has 0 bridgehead atoms. The minimum absolute atomic E-state index is 0.111. The predicted octanol–water partition coefficient (Wildman–Crippen LogP) is 1.42. The molecule has 2 rings (SSSR count). The molecule has 1 aliphatic rings. The number of hydrogen-bond acceptors (Lipinski definition) is 3. The van der Waals surface area contributed by atoms with Gasteiger partial charge in [0.15, 0.2) is 0 Å². The van der Waals surface area contributed by atoms with Crippen LogP contribution in [0.25, 0.3) is 0 Å². The van der Waals surface area contributed by atoms with Crippen LogP contribution in [-0.2, 0) is 4.79 Å². The molecular weight excluding hydrogens is 184 g/mol. The van der Waals surface area contributed by atoms with Crippen LogP contribution < -0.4 is 11.1 Å². The summed E-state index contributed by atoms with van der Waals surface area (Å²) in [6.07, 6.45) is 1.66. The smallest absolute Gasteiger partial charge is 0.227 e. The molecule has 1 heterocycles. The second-order valence-corrected chi connectivity index (χ2v) is 4.21. The maximum atomic E-state index is 11.5. The zero-order chi connectivity index (χ0) is 9.26. The Hall–Kier alpha value is -0.870. The van der Waals surface area contributed by atoms with Gasteiger partial charge in [0.25, 0.3) is 0 Å². The van der Waals surface area contributed by atoms with Crippen LogP contribution in [-0.4, -0.2) is 11.9 Å². The Morgan fingerprint density at radius 3 is 2.92 bits per heavy atom. The summed E-state index contributed by atoms with van der Waals surface area (Å²) in [7, 11) is 0. The van der Waals surface area contributed by atoms with Crippen molar-refractivity contribution in [3.05, 3.63) is 16.8 Å². The maximum absolute atomic E-state index is 11.5. The number of nitrogens with one attached hydrogen (secondary N) is 1. The summed E-state index contributed by atoms with van der Waals surface area (Å²) >= 11 is 1.58. The van der Waals surface area contributed by atoms with Crippen LogP contribution in [0.3, 0.4) is 0 Å². The molecule has 0 spiro atoms. The van der Waals surface area contributed by atoms with Crippen LogP contribution in [0.5, 0.6) is 0 Å². The van der Waals surface area contributed by atoms with Gasteiger partial charge in [-0.15, -0.1) is 0 Å². The molecule has 0 atom stereocenters. The molecule has 0 saturated heterocycles. The monoisotopic (exact) mass is 196 g/mol. The molecule has 1 fully saturated rings. The van der Waals surface area contributed by atoms with E-state index < -0.39 is 0 Å². The third-order valence-corrected chi connectivity index (χ3v) is 3.02. The minimum Gasteiger partial charge on any atom is -0.328 e. The van der Waals surface area contributed by atoms with Gasteiger partial charge in [0.05, 0.1) is 5.69 Å². The maximum Gasteiger partial charge on any atom is 0.227 e. The Morgan fingerprint density at radius 1 is 1.62 bits per heavy atom. The van der Waals surface area contributed by atoms with E-state index in [1.54, 1.807) is 11.3 Å². The Balaban J connectivity index is 1.86. The molecule has 1 aromatic rings. The molecule has 0 aromatic carbocycles. The molecule has 0 radical (unpaired) electrons. The van der Waals surface area contributed by atoms with E-state index >= 15 is 0 Å². The third kappa shape index (κ3) is 1.89. The minimum atomic E-state index is 0.111.